The quantitative estimate of drug-likeness (QED) is 0.811. The molecule has 110 valence electrons. The Morgan fingerprint density at radius 1 is 1.29 bits per heavy atom. The van der Waals surface area contributed by atoms with Gasteiger partial charge in [0.1, 0.15) is 0 Å². The van der Waals surface area contributed by atoms with E-state index in [1.165, 1.54) is 31.2 Å². The van der Waals surface area contributed by atoms with E-state index in [9.17, 15) is 4.79 Å². The summed E-state index contributed by atoms with van der Waals surface area (Å²) in [7, 11) is 0. The van der Waals surface area contributed by atoms with E-state index in [0.29, 0.717) is 0 Å². The maximum absolute atomic E-state index is 12.0. The van der Waals surface area contributed by atoms with Crippen LogP contribution in [0.5, 0.6) is 0 Å². The second-order valence-corrected chi connectivity index (χ2v) is 7.33. The Balaban J connectivity index is 1.61. The number of carbonyl (C=O) groups excluding carboxylic acids is 1. The number of hydrogen-bond donors (Lipinski definition) is 1. The number of amides is 1. The second-order valence-electron chi connectivity index (χ2n) is 5.57. The van der Waals surface area contributed by atoms with Gasteiger partial charge in [0.05, 0.1) is 0 Å². The van der Waals surface area contributed by atoms with E-state index < -0.39 is 0 Å². The van der Waals surface area contributed by atoms with Crippen LogP contribution in [-0.4, -0.2) is 12.5 Å². The first-order valence-electron chi connectivity index (χ1n) is 7.31. The van der Waals surface area contributed by atoms with Crippen LogP contribution in [0.4, 0.5) is 0 Å². The zero-order valence-electron chi connectivity index (χ0n) is 11.9. The highest BCUT2D eigenvalue weighted by Gasteiger charge is 2.35. The van der Waals surface area contributed by atoms with Gasteiger partial charge in [0, 0.05) is 22.9 Å². The molecule has 0 unspecified atom stereocenters. The molecule has 1 aliphatic carbocycles. The molecule has 2 aromatic rings. The number of thiophene rings is 2. The van der Waals surface area contributed by atoms with Gasteiger partial charge in [0.25, 0.3) is 0 Å². The van der Waals surface area contributed by atoms with Crippen molar-refractivity contribution in [3.8, 4) is 0 Å². The molecule has 0 spiro atoms. The highest BCUT2D eigenvalue weighted by Crippen LogP contribution is 2.41. The molecule has 1 aliphatic rings. The van der Waals surface area contributed by atoms with Crippen LogP contribution in [-0.2, 0) is 10.2 Å². The van der Waals surface area contributed by atoms with Gasteiger partial charge in [0.15, 0.2) is 0 Å². The van der Waals surface area contributed by atoms with Gasteiger partial charge in [-0.05, 0) is 52.8 Å². The SMILES string of the molecule is O=C(/C=C/c1cccs1)NCC1(c2ccsc2)CCCC1. The molecule has 0 aromatic carbocycles. The summed E-state index contributed by atoms with van der Waals surface area (Å²) in [4.78, 5) is 13.1. The normalized spacial score (nSPS) is 17.3. The van der Waals surface area contributed by atoms with Crippen molar-refractivity contribution in [2.45, 2.75) is 31.1 Å². The van der Waals surface area contributed by atoms with Crippen LogP contribution < -0.4 is 5.32 Å². The molecule has 0 atom stereocenters. The maximum atomic E-state index is 12.0. The van der Waals surface area contributed by atoms with Crippen molar-refractivity contribution in [2.24, 2.45) is 0 Å². The summed E-state index contributed by atoms with van der Waals surface area (Å²) in [6.45, 7) is 0.747. The zero-order chi connectivity index (χ0) is 14.5. The van der Waals surface area contributed by atoms with Crippen molar-refractivity contribution in [1.82, 2.24) is 5.32 Å². The molecule has 21 heavy (non-hydrogen) atoms. The van der Waals surface area contributed by atoms with E-state index in [1.54, 1.807) is 28.7 Å². The Morgan fingerprint density at radius 3 is 2.81 bits per heavy atom. The summed E-state index contributed by atoms with van der Waals surface area (Å²) in [6.07, 6.45) is 8.40. The van der Waals surface area contributed by atoms with Crippen LogP contribution in [0.2, 0.25) is 0 Å². The van der Waals surface area contributed by atoms with Crippen LogP contribution in [0.25, 0.3) is 6.08 Å². The van der Waals surface area contributed by atoms with Gasteiger partial charge < -0.3 is 5.32 Å². The lowest BCUT2D eigenvalue weighted by Crippen LogP contribution is -2.38. The average Bonchev–Trinajstić information content (AvgIpc) is 3.25. The van der Waals surface area contributed by atoms with E-state index >= 15 is 0 Å². The summed E-state index contributed by atoms with van der Waals surface area (Å²) in [6, 6.07) is 6.22. The molecule has 0 radical (unpaired) electrons. The summed E-state index contributed by atoms with van der Waals surface area (Å²) in [5.41, 5.74) is 1.56. The molecule has 0 bridgehead atoms. The third kappa shape index (κ3) is 3.44. The number of nitrogens with one attached hydrogen (secondary N) is 1. The molecule has 3 rings (SSSR count). The molecule has 2 nitrogen and oxygen atoms in total. The molecule has 1 saturated carbocycles. The van der Waals surface area contributed by atoms with Gasteiger partial charge in [-0.3, -0.25) is 4.79 Å². The van der Waals surface area contributed by atoms with E-state index in [1.807, 2.05) is 23.6 Å². The highest BCUT2D eigenvalue weighted by molar-refractivity contribution is 7.10. The van der Waals surface area contributed by atoms with E-state index in [-0.39, 0.29) is 11.3 Å². The largest absolute Gasteiger partial charge is 0.352 e. The average molecular weight is 317 g/mol. The van der Waals surface area contributed by atoms with Crippen LogP contribution in [0.3, 0.4) is 0 Å². The summed E-state index contributed by atoms with van der Waals surface area (Å²) >= 11 is 3.38. The third-order valence-corrected chi connectivity index (χ3v) is 5.76. The Hall–Kier alpha value is -1.39. The smallest absolute Gasteiger partial charge is 0.244 e. The van der Waals surface area contributed by atoms with Crippen molar-refractivity contribution in [1.29, 1.82) is 0 Å². The monoisotopic (exact) mass is 317 g/mol. The van der Waals surface area contributed by atoms with Crippen LogP contribution in [0.1, 0.15) is 36.1 Å². The fraction of sp³-hybridized carbons (Fsp3) is 0.353. The number of carbonyl (C=O) groups is 1. The summed E-state index contributed by atoms with van der Waals surface area (Å²) in [5.74, 6) is 0.00454. The molecular formula is C17H19NOS2. The molecule has 1 fully saturated rings. The fourth-order valence-electron chi connectivity index (χ4n) is 3.04. The predicted molar refractivity (Wildman–Crippen MR) is 90.8 cm³/mol. The Bertz CT molecular complexity index is 593. The first-order chi connectivity index (χ1) is 10.3. The van der Waals surface area contributed by atoms with Crippen molar-refractivity contribution in [3.05, 3.63) is 50.9 Å². The van der Waals surface area contributed by atoms with Gasteiger partial charge in [0.2, 0.25) is 5.91 Å². The minimum absolute atomic E-state index is 0.00454. The van der Waals surface area contributed by atoms with Crippen molar-refractivity contribution in [2.75, 3.05) is 6.54 Å². The lowest BCUT2D eigenvalue weighted by atomic mass is 9.80. The van der Waals surface area contributed by atoms with Gasteiger partial charge in [-0.2, -0.15) is 11.3 Å². The fourth-order valence-corrected chi connectivity index (χ4v) is 4.44. The molecule has 1 amide bonds. The zero-order valence-corrected chi connectivity index (χ0v) is 13.5. The molecule has 0 saturated heterocycles. The number of rotatable bonds is 5. The Labute approximate surface area is 133 Å². The van der Waals surface area contributed by atoms with Gasteiger partial charge in [-0.15, -0.1) is 11.3 Å². The van der Waals surface area contributed by atoms with E-state index in [0.717, 1.165) is 11.4 Å². The van der Waals surface area contributed by atoms with Gasteiger partial charge in [-0.1, -0.05) is 18.9 Å². The van der Waals surface area contributed by atoms with Crippen LogP contribution in [0.15, 0.2) is 40.4 Å². The first-order valence-corrected chi connectivity index (χ1v) is 9.13. The lowest BCUT2D eigenvalue weighted by Gasteiger charge is -2.28. The third-order valence-electron chi connectivity index (χ3n) is 4.24. The standard InChI is InChI=1S/C17H19NOS2/c19-16(6-5-15-4-3-10-21-15)18-13-17(8-1-2-9-17)14-7-11-20-12-14/h3-7,10-12H,1-2,8-9,13H2,(H,18,19)/b6-5+. The van der Waals surface area contributed by atoms with Gasteiger partial charge >= 0.3 is 0 Å². The second kappa shape index (κ2) is 6.58. The molecule has 0 aliphatic heterocycles. The number of hydrogen-bond acceptors (Lipinski definition) is 3. The van der Waals surface area contributed by atoms with Crippen LogP contribution >= 0.6 is 22.7 Å². The topological polar surface area (TPSA) is 29.1 Å². The molecule has 2 heterocycles. The first kappa shape index (κ1) is 14.5. The molecule has 2 aromatic heterocycles. The summed E-state index contributed by atoms with van der Waals surface area (Å²) < 4.78 is 0. The lowest BCUT2D eigenvalue weighted by molar-refractivity contribution is -0.116. The van der Waals surface area contributed by atoms with Crippen LogP contribution in [0, 0.1) is 0 Å². The Kier molecular flexibility index (Phi) is 4.56. The Morgan fingerprint density at radius 2 is 2.14 bits per heavy atom. The van der Waals surface area contributed by atoms with Crippen molar-refractivity contribution >= 4 is 34.7 Å². The summed E-state index contributed by atoms with van der Waals surface area (Å²) in [5, 5.41) is 9.48. The van der Waals surface area contributed by atoms with E-state index in [2.05, 4.69) is 22.1 Å². The maximum Gasteiger partial charge on any atom is 0.244 e. The molecule has 1 N–H and O–H groups in total. The van der Waals surface area contributed by atoms with Gasteiger partial charge in [-0.25, -0.2) is 0 Å². The van der Waals surface area contributed by atoms with E-state index in [4.69, 9.17) is 0 Å². The molecular weight excluding hydrogens is 298 g/mol. The van der Waals surface area contributed by atoms with Crippen molar-refractivity contribution in [3.63, 3.8) is 0 Å². The van der Waals surface area contributed by atoms with Crippen molar-refractivity contribution < 1.29 is 4.79 Å². The minimum atomic E-state index is 0.00454. The predicted octanol–water partition coefficient (Wildman–Crippen LogP) is 4.45. The minimum Gasteiger partial charge on any atom is -0.352 e. The highest BCUT2D eigenvalue weighted by atomic mass is 32.1. The molecule has 4 heteroatoms.